The average molecular weight is 351 g/mol. The van der Waals surface area contributed by atoms with E-state index in [-0.39, 0.29) is 5.91 Å². The van der Waals surface area contributed by atoms with E-state index in [0.29, 0.717) is 40.1 Å². The summed E-state index contributed by atoms with van der Waals surface area (Å²) in [6.07, 6.45) is 6.53. The molecule has 6 heteroatoms. The number of methoxy groups -OCH3 is 3. The lowest BCUT2D eigenvalue weighted by molar-refractivity contribution is 0.0597. The molecule has 0 aliphatic carbocycles. The van der Waals surface area contributed by atoms with Gasteiger partial charge in [-0.15, -0.1) is 0 Å². The zero-order chi connectivity index (χ0) is 17.3. The Morgan fingerprint density at radius 2 is 1.67 bits per heavy atom. The van der Waals surface area contributed by atoms with Crippen molar-refractivity contribution in [3.05, 3.63) is 17.7 Å². The first-order valence-electron chi connectivity index (χ1n) is 8.29. The van der Waals surface area contributed by atoms with Gasteiger partial charge in [0.15, 0.2) is 11.5 Å². The van der Waals surface area contributed by atoms with Gasteiger partial charge in [-0.05, 0) is 44.1 Å². The van der Waals surface area contributed by atoms with Crippen LogP contribution in [0, 0.1) is 0 Å². The van der Waals surface area contributed by atoms with E-state index in [9.17, 15) is 4.79 Å². The molecule has 1 aromatic carbocycles. The molecule has 0 spiro atoms. The second-order valence-electron chi connectivity index (χ2n) is 6.31. The minimum absolute atomic E-state index is 0.0415. The molecule has 2 saturated heterocycles. The molecule has 1 aromatic rings. The smallest absolute Gasteiger partial charge is 0.258 e. The third-order valence-corrected chi connectivity index (χ3v) is 6.24. The van der Waals surface area contributed by atoms with Gasteiger partial charge in [0.05, 0.1) is 26.9 Å². The Bertz CT molecular complexity index is 607. The second kappa shape index (κ2) is 7.13. The van der Waals surface area contributed by atoms with Crippen LogP contribution in [0.4, 0.5) is 0 Å². The molecule has 5 nitrogen and oxygen atoms in total. The van der Waals surface area contributed by atoms with Gasteiger partial charge < -0.3 is 19.1 Å². The van der Waals surface area contributed by atoms with Gasteiger partial charge in [-0.1, -0.05) is 0 Å². The minimum Gasteiger partial charge on any atom is -0.493 e. The number of ether oxygens (including phenoxy) is 3. The molecule has 2 fully saturated rings. The summed E-state index contributed by atoms with van der Waals surface area (Å²) in [4.78, 5) is 15.3. The first kappa shape index (κ1) is 17.3. The average Bonchev–Trinajstić information content (AvgIpc) is 2.89. The molecule has 0 N–H and O–H groups in total. The number of hydrogen-bond donors (Lipinski definition) is 0. The van der Waals surface area contributed by atoms with E-state index < -0.39 is 0 Å². The summed E-state index contributed by atoms with van der Waals surface area (Å²) in [7, 11) is 4.69. The number of amides is 1. The summed E-state index contributed by atoms with van der Waals surface area (Å²) in [5, 5.41) is 0.666. The van der Waals surface area contributed by atoms with Gasteiger partial charge in [-0.25, -0.2) is 0 Å². The molecule has 0 radical (unpaired) electrons. The Hall–Kier alpha value is -1.56. The molecule has 132 valence electrons. The summed E-state index contributed by atoms with van der Waals surface area (Å²) < 4.78 is 16.2. The van der Waals surface area contributed by atoms with Crippen LogP contribution in [0.1, 0.15) is 36.0 Å². The first-order chi connectivity index (χ1) is 11.6. The van der Waals surface area contributed by atoms with Crippen LogP contribution >= 0.6 is 11.8 Å². The normalized spacial score (nSPS) is 25.5. The number of carbonyl (C=O) groups is 1. The Labute approximate surface area is 147 Å². The van der Waals surface area contributed by atoms with Gasteiger partial charge >= 0.3 is 0 Å². The molecular formula is C18H25NO4S. The molecule has 2 atom stereocenters. The third-order valence-electron chi connectivity index (χ3n) is 5.19. The third kappa shape index (κ3) is 2.81. The number of benzene rings is 1. The summed E-state index contributed by atoms with van der Waals surface area (Å²) in [5.74, 6) is 1.53. The SMILES string of the molecule is COc1ccc(C(=O)N2C3CCC2CC(SC)C3)c(OC)c1OC. The quantitative estimate of drug-likeness (QED) is 0.815. The van der Waals surface area contributed by atoms with Crippen molar-refractivity contribution in [3.63, 3.8) is 0 Å². The molecule has 2 heterocycles. The van der Waals surface area contributed by atoms with E-state index in [4.69, 9.17) is 14.2 Å². The fourth-order valence-corrected chi connectivity index (χ4v) is 4.89. The Balaban J connectivity index is 1.94. The first-order valence-corrected chi connectivity index (χ1v) is 9.57. The monoisotopic (exact) mass is 351 g/mol. The van der Waals surface area contributed by atoms with Crippen LogP contribution in [0.25, 0.3) is 0 Å². The zero-order valence-electron chi connectivity index (χ0n) is 14.7. The van der Waals surface area contributed by atoms with Crippen molar-refractivity contribution in [1.29, 1.82) is 0 Å². The van der Waals surface area contributed by atoms with Gasteiger partial charge in [-0.3, -0.25) is 4.79 Å². The Morgan fingerprint density at radius 3 is 2.17 bits per heavy atom. The van der Waals surface area contributed by atoms with Crippen LogP contribution in [0.3, 0.4) is 0 Å². The number of nitrogens with zero attached hydrogens (tertiary/aromatic N) is 1. The lowest BCUT2D eigenvalue weighted by Crippen LogP contribution is -2.47. The van der Waals surface area contributed by atoms with E-state index >= 15 is 0 Å². The molecule has 1 amide bonds. The lowest BCUT2D eigenvalue weighted by atomic mass is 10.00. The molecule has 24 heavy (non-hydrogen) atoms. The van der Waals surface area contributed by atoms with E-state index in [1.807, 2.05) is 11.8 Å². The fourth-order valence-electron chi connectivity index (χ4n) is 4.06. The van der Waals surface area contributed by atoms with Crippen LogP contribution in [0.5, 0.6) is 17.2 Å². The highest BCUT2D eigenvalue weighted by Crippen LogP contribution is 2.44. The molecule has 3 rings (SSSR count). The van der Waals surface area contributed by atoms with Crippen molar-refractivity contribution in [3.8, 4) is 17.2 Å². The maximum absolute atomic E-state index is 13.2. The molecule has 2 aliphatic heterocycles. The number of carbonyl (C=O) groups excluding carboxylic acids is 1. The van der Waals surface area contributed by atoms with Gasteiger partial charge in [0, 0.05) is 17.3 Å². The maximum atomic E-state index is 13.2. The summed E-state index contributed by atoms with van der Waals surface area (Å²) in [6, 6.07) is 4.23. The maximum Gasteiger partial charge on any atom is 0.258 e. The van der Waals surface area contributed by atoms with Crippen molar-refractivity contribution in [2.45, 2.75) is 43.0 Å². The summed E-state index contributed by atoms with van der Waals surface area (Å²) in [6.45, 7) is 0. The van der Waals surface area contributed by atoms with Crippen LogP contribution in [0.15, 0.2) is 12.1 Å². The number of fused-ring (bicyclic) bond motifs is 2. The molecule has 2 aliphatic rings. The molecule has 0 aromatic heterocycles. The van der Waals surface area contributed by atoms with Gasteiger partial charge in [-0.2, -0.15) is 11.8 Å². The van der Waals surface area contributed by atoms with Gasteiger partial charge in [0.1, 0.15) is 0 Å². The van der Waals surface area contributed by atoms with Crippen molar-refractivity contribution in [1.82, 2.24) is 4.90 Å². The largest absolute Gasteiger partial charge is 0.493 e. The highest BCUT2D eigenvalue weighted by Gasteiger charge is 2.44. The number of thioether (sulfide) groups is 1. The number of rotatable bonds is 5. The summed E-state index contributed by atoms with van der Waals surface area (Å²) >= 11 is 1.92. The number of piperidine rings is 1. The molecule has 2 bridgehead atoms. The van der Waals surface area contributed by atoms with Crippen LogP contribution < -0.4 is 14.2 Å². The highest BCUT2D eigenvalue weighted by atomic mass is 32.2. The van der Waals surface area contributed by atoms with Crippen molar-refractivity contribution in [2.24, 2.45) is 0 Å². The van der Waals surface area contributed by atoms with E-state index in [2.05, 4.69) is 11.2 Å². The fraction of sp³-hybridized carbons (Fsp3) is 0.611. The molecule has 2 unspecified atom stereocenters. The van der Waals surface area contributed by atoms with E-state index in [1.165, 1.54) is 0 Å². The van der Waals surface area contributed by atoms with Crippen LogP contribution in [-0.4, -0.2) is 55.7 Å². The topological polar surface area (TPSA) is 48.0 Å². The predicted molar refractivity (Wildman–Crippen MR) is 95.6 cm³/mol. The van der Waals surface area contributed by atoms with E-state index in [1.54, 1.807) is 33.5 Å². The molecule has 0 saturated carbocycles. The zero-order valence-corrected chi connectivity index (χ0v) is 15.5. The lowest BCUT2D eigenvalue weighted by Gasteiger charge is -2.38. The van der Waals surface area contributed by atoms with Gasteiger partial charge in [0.25, 0.3) is 5.91 Å². The van der Waals surface area contributed by atoms with Crippen LogP contribution in [0.2, 0.25) is 0 Å². The Morgan fingerprint density at radius 1 is 1.04 bits per heavy atom. The van der Waals surface area contributed by atoms with Crippen molar-refractivity contribution < 1.29 is 19.0 Å². The minimum atomic E-state index is 0.0415. The summed E-state index contributed by atoms with van der Waals surface area (Å²) in [5.41, 5.74) is 0.551. The highest BCUT2D eigenvalue weighted by molar-refractivity contribution is 7.99. The van der Waals surface area contributed by atoms with E-state index in [0.717, 1.165) is 25.7 Å². The van der Waals surface area contributed by atoms with Crippen molar-refractivity contribution in [2.75, 3.05) is 27.6 Å². The van der Waals surface area contributed by atoms with Crippen LogP contribution in [-0.2, 0) is 0 Å². The second-order valence-corrected chi connectivity index (χ2v) is 7.45. The Kier molecular flexibility index (Phi) is 5.13. The number of hydrogen-bond acceptors (Lipinski definition) is 5. The standard InChI is InChI=1S/C18H25NO4S/c1-21-15-8-7-14(16(22-2)17(15)23-3)18(20)19-11-5-6-12(19)10-13(9-11)24-4/h7-8,11-13H,5-6,9-10H2,1-4H3. The van der Waals surface area contributed by atoms with Crippen molar-refractivity contribution >= 4 is 17.7 Å². The van der Waals surface area contributed by atoms with Gasteiger partial charge in [0.2, 0.25) is 5.75 Å². The predicted octanol–water partition coefficient (Wildman–Crippen LogP) is 3.21. The molecular weight excluding hydrogens is 326 g/mol.